The molecule has 0 atom stereocenters. The van der Waals surface area contributed by atoms with E-state index in [0.717, 1.165) is 24.9 Å². The summed E-state index contributed by atoms with van der Waals surface area (Å²) in [7, 11) is 0. The molecule has 4 rings (SSSR count). The summed E-state index contributed by atoms with van der Waals surface area (Å²) in [6, 6.07) is 0. The van der Waals surface area contributed by atoms with Gasteiger partial charge >= 0.3 is 0 Å². The van der Waals surface area contributed by atoms with Crippen molar-refractivity contribution in [1.82, 2.24) is 29.3 Å². The number of fused-ring (bicyclic) bond motifs is 6. The van der Waals surface area contributed by atoms with E-state index in [1.165, 1.54) is 34.0 Å². The predicted molar refractivity (Wildman–Crippen MR) is 110 cm³/mol. The maximum Gasteiger partial charge on any atom is 0.180 e. The highest BCUT2D eigenvalue weighted by Crippen LogP contribution is 2.31. The SMILES string of the molecule is S=c1sc2nn1CSc1nn(c(=S)s1)CSc1nn(c(=S)s1)CS2. The maximum atomic E-state index is 5.40. The van der Waals surface area contributed by atoms with E-state index in [2.05, 4.69) is 15.3 Å². The lowest BCUT2D eigenvalue weighted by atomic mass is 11.3. The van der Waals surface area contributed by atoms with Gasteiger partial charge in [0.2, 0.25) is 0 Å². The average molecular weight is 487 g/mol. The Hall–Kier alpha value is 0.390. The summed E-state index contributed by atoms with van der Waals surface area (Å²) in [6.45, 7) is 0. The molecule has 0 aromatic carbocycles. The first kappa shape index (κ1) is 17.8. The van der Waals surface area contributed by atoms with Crippen LogP contribution in [0.5, 0.6) is 0 Å². The van der Waals surface area contributed by atoms with Gasteiger partial charge in [-0.2, -0.15) is 15.3 Å². The highest BCUT2D eigenvalue weighted by Gasteiger charge is 2.12. The average Bonchev–Trinajstić information content (AvgIpc) is 3.18. The lowest BCUT2D eigenvalue weighted by Gasteiger charge is -1.98. The lowest BCUT2D eigenvalue weighted by molar-refractivity contribution is 0.701. The van der Waals surface area contributed by atoms with Gasteiger partial charge in [0.15, 0.2) is 24.9 Å². The lowest BCUT2D eigenvalue weighted by Crippen LogP contribution is -1.98. The molecule has 0 fully saturated rings. The fraction of sp³-hybridized carbons (Fsp3) is 0.333. The molecule has 0 N–H and O–H groups in total. The van der Waals surface area contributed by atoms with Crippen molar-refractivity contribution in [2.75, 3.05) is 0 Å². The van der Waals surface area contributed by atoms with Gasteiger partial charge in [0.25, 0.3) is 0 Å². The van der Waals surface area contributed by atoms with Gasteiger partial charge in [0.1, 0.15) is 0 Å². The van der Waals surface area contributed by atoms with Crippen molar-refractivity contribution in [2.45, 2.75) is 30.6 Å². The Morgan fingerprint density at radius 2 is 0.875 bits per heavy atom. The second-order valence-electron chi connectivity index (χ2n) is 4.22. The summed E-state index contributed by atoms with van der Waals surface area (Å²) >= 11 is 25.5. The number of thioether (sulfide) groups is 3. The van der Waals surface area contributed by atoms with Crippen molar-refractivity contribution in [3.05, 3.63) is 11.9 Å². The van der Waals surface area contributed by atoms with Crippen LogP contribution in [-0.4, -0.2) is 29.3 Å². The van der Waals surface area contributed by atoms with Crippen LogP contribution >= 0.6 is 106 Å². The van der Waals surface area contributed by atoms with Crippen molar-refractivity contribution >= 4 is 106 Å². The smallest absolute Gasteiger partial charge is 0.180 e. The Balaban J connectivity index is 1.73. The number of hydrogen-bond acceptors (Lipinski definition) is 12. The van der Waals surface area contributed by atoms with E-state index >= 15 is 0 Å². The normalized spacial score (nSPS) is 15.0. The Morgan fingerprint density at radius 1 is 0.583 bits per heavy atom. The molecular formula is C9H6N6S9. The van der Waals surface area contributed by atoms with Crippen LogP contribution in [0.2, 0.25) is 0 Å². The fourth-order valence-corrected chi connectivity index (χ4v) is 8.74. The van der Waals surface area contributed by atoms with Crippen LogP contribution in [0.1, 0.15) is 0 Å². The summed E-state index contributed by atoms with van der Waals surface area (Å²) in [5, 5.41) is 13.7. The predicted octanol–water partition coefficient (Wildman–Crippen LogP) is 5.21. The molecule has 0 saturated heterocycles. The minimum atomic E-state index is 0.630. The van der Waals surface area contributed by atoms with Crippen LogP contribution in [0.25, 0.3) is 0 Å². The molecule has 0 saturated carbocycles. The fourth-order valence-electron chi connectivity index (χ4n) is 1.63. The van der Waals surface area contributed by atoms with E-state index < -0.39 is 0 Å². The van der Waals surface area contributed by atoms with Gasteiger partial charge < -0.3 is 0 Å². The monoisotopic (exact) mass is 486 g/mol. The molecule has 3 aromatic heterocycles. The molecule has 0 amide bonds. The third-order valence-electron chi connectivity index (χ3n) is 2.69. The first-order valence-electron chi connectivity index (χ1n) is 6.21. The summed E-state index contributed by atoms with van der Waals surface area (Å²) < 4.78 is 10.5. The molecule has 126 valence electrons. The van der Waals surface area contributed by atoms with E-state index in [1.807, 2.05) is 14.0 Å². The van der Waals surface area contributed by atoms with Crippen LogP contribution in [0, 0.1) is 11.9 Å². The molecule has 0 spiro atoms. The zero-order valence-electron chi connectivity index (χ0n) is 11.5. The van der Waals surface area contributed by atoms with Gasteiger partial charge in [-0.3, -0.25) is 0 Å². The quantitative estimate of drug-likeness (QED) is 0.398. The van der Waals surface area contributed by atoms with Crippen molar-refractivity contribution in [3.63, 3.8) is 0 Å². The number of aromatic nitrogens is 6. The zero-order valence-corrected chi connectivity index (χ0v) is 18.8. The van der Waals surface area contributed by atoms with Crippen LogP contribution < -0.4 is 0 Å². The minimum Gasteiger partial charge on any atom is -0.233 e. The molecule has 0 aliphatic carbocycles. The van der Waals surface area contributed by atoms with Gasteiger partial charge in [0, 0.05) is 0 Å². The van der Waals surface area contributed by atoms with E-state index in [1.54, 1.807) is 35.3 Å². The molecule has 15 heteroatoms. The van der Waals surface area contributed by atoms with Gasteiger partial charge in [-0.15, -0.1) is 0 Å². The van der Waals surface area contributed by atoms with Crippen LogP contribution in [-0.2, 0) is 17.6 Å². The minimum absolute atomic E-state index is 0.630. The standard InChI is InChI=1S/C9H6N6S9/c16-7-13-1-19-4-11-14(8(17)22-4)2-21-6-12-15(9(18)24-6)3-20-5(10-13)23-7/h1-3H2. The van der Waals surface area contributed by atoms with Crippen molar-refractivity contribution in [2.24, 2.45) is 0 Å². The first-order valence-corrected chi connectivity index (χ1v) is 12.8. The van der Waals surface area contributed by atoms with Crippen LogP contribution in [0.3, 0.4) is 0 Å². The highest BCUT2D eigenvalue weighted by molar-refractivity contribution is 8.01. The molecule has 4 heterocycles. The largest absolute Gasteiger partial charge is 0.233 e. The van der Waals surface area contributed by atoms with E-state index in [4.69, 9.17) is 36.7 Å². The number of rotatable bonds is 0. The molecule has 1 aliphatic rings. The molecule has 6 bridgehead atoms. The molecule has 6 nitrogen and oxygen atoms in total. The summed E-state index contributed by atoms with van der Waals surface area (Å²) in [5.41, 5.74) is 0. The van der Waals surface area contributed by atoms with E-state index in [9.17, 15) is 0 Å². The first-order chi connectivity index (χ1) is 11.6. The second-order valence-corrected chi connectivity index (χ2v) is 12.7. The number of nitrogens with zero attached hydrogens (tertiary/aromatic N) is 6. The summed E-state index contributed by atoms with van der Waals surface area (Å²) in [5.74, 6) is 1.89. The third kappa shape index (κ3) is 3.88. The highest BCUT2D eigenvalue weighted by atomic mass is 32.2. The summed E-state index contributed by atoms with van der Waals surface area (Å²) in [6.07, 6.45) is 0. The molecule has 24 heavy (non-hydrogen) atoms. The Kier molecular flexibility index (Phi) is 5.60. The van der Waals surface area contributed by atoms with Gasteiger partial charge in [-0.05, 0) is 36.7 Å². The van der Waals surface area contributed by atoms with Gasteiger partial charge in [-0.25, -0.2) is 14.0 Å². The zero-order chi connectivity index (χ0) is 16.7. The van der Waals surface area contributed by atoms with Crippen molar-refractivity contribution < 1.29 is 0 Å². The molecule has 0 radical (unpaired) electrons. The van der Waals surface area contributed by atoms with Crippen LogP contribution in [0.15, 0.2) is 13.0 Å². The topological polar surface area (TPSA) is 53.5 Å². The maximum absolute atomic E-state index is 5.40. The number of hydrogen-bond donors (Lipinski definition) is 0. The van der Waals surface area contributed by atoms with Crippen molar-refractivity contribution in [1.29, 1.82) is 0 Å². The van der Waals surface area contributed by atoms with Crippen molar-refractivity contribution in [3.8, 4) is 0 Å². The Labute approximate surface area is 176 Å². The molecule has 3 aromatic rings. The van der Waals surface area contributed by atoms with E-state index in [-0.39, 0.29) is 0 Å². The summed E-state index contributed by atoms with van der Waals surface area (Å²) in [4.78, 5) is 0. The molecular weight excluding hydrogens is 481 g/mol. The molecule has 1 aliphatic heterocycles. The van der Waals surface area contributed by atoms with E-state index in [0.29, 0.717) is 17.6 Å². The van der Waals surface area contributed by atoms with Gasteiger partial charge in [0.05, 0.1) is 17.6 Å². The Bertz CT molecular complexity index is 913. The molecule has 0 unspecified atom stereocenters. The van der Waals surface area contributed by atoms with Gasteiger partial charge in [-0.1, -0.05) is 69.3 Å². The second kappa shape index (κ2) is 7.56. The van der Waals surface area contributed by atoms with Crippen LogP contribution in [0.4, 0.5) is 0 Å². The third-order valence-corrected chi connectivity index (χ3v) is 9.92. The Morgan fingerprint density at radius 3 is 1.17 bits per heavy atom.